The molecule has 1 atom stereocenters. The average Bonchev–Trinajstić information content (AvgIpc) is 2.72. The molecule has 0 fully saturated rings. The summed E-state index contributed by atoms with van der Waals surface area (Å²) in [6.07, 6.45) is 2.30. The zero-order valence-electron chi connectivity index (χ0n) is 11.8. The van der Waals surface area contributed by atoms with Crippen LogP contribution >= 0.6 is 11.3 Å². The third-order valence-corrected chi connectivity index (χ3v) is 6.82. The van der Waals surface area contributed by atoms with Gasteiger partial charge in [-0.25, -0.2) is 8.42 Å². The van der Waals surface area contributed by atoms with E-state index in [4.69, 9.17) is 0 Å². The van der Waals surface area contributed by atoms with E-state index in [1.54, 1.807) is 25.2 Å². The van der Waals surface area contributed by atoms with Crippen molar-refractivity contribution in [2.75, 3.05) is 12.8 Å². The third kappa shape index (κ3) is 3.13. The van der Waals surface area contributed by atoms with Gasteiger partial charge in [-0.2, -0.15) is 0 Å². The molecule has 0 aliphatic rings. The van der Waals surface area contributed by atoms with Crippen LogP contribution in [0.15, 0.2) is 12.1 Å². The molecule has 1 rings (SSSR count). The Hall–Kier alpha value is -0.390. The molecule has 1 aromatic rings. The van der Waals surface area contributed by atoms with Gasteiger partial charge in [0.1, 0.15) is 0 Å². The summed E-state index contributed by atoms with van der Waals surface area (Å²) in [6, 6.07) is 3.98. The quantitative estimate of drug-likeness (QED) is 0.876. The fourth-order valence-corrected chi connectivity index (χ4v) is 3.77. The Labute approximate surface area is 115 Å². The molecule has 0 aromatic carbocycles. The Balaban J connectivity index is 3.17. The molecule has 1 aromatic heterocycles. The van der Waals surface area contributed by atoms with Crippen LogP contribution in [-0.4, -0.2) is 26.0 Å². The van der Waals surface area contributed by atoms with Gasteiger partial charge in [0, 0.05) is 16.0 Å². The Morgan fingerprint density at radius 3 is 2.33 bits per heavy atom. The summed E-state index contributed by atoms with van der Waals surface area (Å²) in [4.78, 5) is 2.39. The van der Waals surface area contributed by atoms with Crippen LogP contribution in [0.1, 0.15) is 43.5 Å². The molecule has 0 radical (unpaired) electrons. The van der Waals surface area contributed by atoms with Crippen molar-refractivity contribution >= 4 is 21.2 Å². The minimum Gasteiger partial charge on any atom is -0.308 e. The van der Waals surface area contributed by atoms with E-state index in [0.717, 1.165) is 17.8 Å². The summed E-state index contributed by atoms with van der Waals surface area (Å²) in [5.41, 5.74) is 0. The molecule has 0 bridgehead atoms. The highest BCUT2D eigenvalue weighted by atomic mass is 32.2. The summed E-state index contributed by atoms with van der Waals surface area (Å²) < 4.78 is 23.2. The summed E-state index contributed by atoms with van der Waals surface area (Å²) in [5.74, 6) is 0. The van der Waals surface area contributed by atoms with E-state index in [-0.39, 0.29) is 6.04 Å². The van der Waals surface area contributed by atoms with Crippen LogP contribution in [0.4, 0.5) is 0 Å². The summed E-state index contributed by atoms with van der Waals surface area (Å²) in [5, 5.41) is 3.31. The number of aryl methyl sites for hydroxylation is 1. The van der Waals surface area contributed by atoms with Gasteiger partial charge in [0.05, 0.1) is 10.8 Å². The van der Waals surface area contributed by atoms with Crippen molar-refractivity contribution in [1.29, 1.82) is 0 Å². The van der Waals surface area contributed by atoms with E-state index in [0.29, 0.717) is 0 Å². The van der Waals surface area contributed by atoms with Crippen molar-refractivity contribution in [1.82, 2.24) is 5.32 Å². The topological polar surface area (TPSA) is 46.2 Å². The molecule has 3 nitrogen and oxygen atoms in total. The number of rotatable bonds is 6. The van der Waals surface area contributed by atoms with E-state index in [9.17, 15) is 8.42 Å². The lowest BCUT2D eigenvalue weighted by Gasteiger charge is -2.32. The standard InChI is InChI=1S/C13H23NO2S2/c1-6-10-8-9-11(17-10)12(14-7-2)13(3,4)18(5,15)16/h8-9,12,14H,6-7H2,1-5H3. The molecule has 1 heterocycles. The molecule has 1 unspecified atom stereocenters. The van der Waals surface area contributed by atoms with Crippen molar-refractivity contribution in [3.05, 3.63) is 21.9 Å². The second-order valence-electron chi connectivity index (χ2n) is 5.02. The van der Waals surface area contributed by atoms with Gasteiger partial charge >= 0.3 is 0 Å². The first kappa shape index (κ1) is 15.7. The molecule has 0 aliphatic heterocycles. The molecule has 0 aliphatic carbocycles. The highest BCUT2D eigenvalue weighted by Crippen LogP contribution is 2.35. The Kier molecular flexibility index (Phi) is 4.98. The van der Waals surface area contributed by atoms with Crippen LogP contribution in [0.2, 0.25) is 0 Å². The van der Waals surface area contributed by atoms with Gasteiger partial charge in [0.25, 0.3) is 0 Å². The Morgan fingerprint density at radius 2 is 1.94 bits per heavy atom. The fourth-order valence-electron chi connectivity index (χ4n) is 1.85. The minimum atomic E-state index is -3.13. The van der Waals surface area contributed by atoms with Crippen LogP contribution < -0.4 is 5.32 Å². The van der Waals surface area contributed by atoms with Crippen LogP contribution in [0.5, 0.6) is 0 Å². The van der Waals surface area contributed by atoms with Crippen LogP contribution in [0, 0.1) is 0 Å². The highest BCUT2D eigenvalue weighted by molar-refractivity contribution is 7.92. The second-order valence-corrected chi connectivity index (χ2v) is 8.82. The lowest BCUT2D eigenvalue weighted by molar-refractivity contribution is 0.433. The molecular weight excluding hydrogens is 266 g/mol. The van der Waals surface area contributed by atoms with Gasteiger partial charge in [-0.3, -0.25) is 0 Å². The van der Waals surface area contributed by atoms with E-state index in [1.165, 1.54) is 11.1 Å². The van der Waals surface area contributed by atoms with Crippen LogP contribution in [0.3, 0.4) is 0 Å². The first-order valence-electron chi connectivity index (χ1n) is 6.25. The zero-order chi connectivity index (χ0) is 14.0. The Bertz CT molecular complexity index is 489. The van der Waals surface area contributed by atoms with Crippen molar-refractivity contribution in [2.45, 2.75) is 44.9 Å². The molecule has 0 saturated carbocycles. The third-order valence-electron chi connectivity index (χ3n) is 3.37. The smallest absolute Gasteiger partial charge is 0.154 e. The van der Waals surface area contributed by atoms with Gasteiger partial charge in [-0.15, -0.1) is 11.3 Å². The molecular formula is C13H23NO2S2. The Morgan fingerprint density at radius 1 is 1.33 bits per heavy atom. The summed E-state index contributed by atoms with van der Waals surface area (Å²) >= 11 is 1.70. The van der Waals surface area contributed by atoms with Crippen LogP contribution in [-0.2, 0) is 16.3 Å². The molecule has 0 saturated heterocycles. The highest BCUT2D eigenvalue weighted by Gasteiger charge is 2.40. The maximum absolute atomic E-state index is 12.0. The van der Waals surface area contributed by atoms with Gasteiger partial charge < -0.3 is 5.32 Å². The first-order chi connectivity index (χ1) is 8.24. The number of hydrogen-bond acceptors (Lipinski definition) is 4. The van der Waals surface area contributed by atoms with E-state index < -0.39 is 14.6 Å². The molecule has 18 heavy (non-hydrogen) atoms. The van der Waals surface area contributed by atoms with E-state index >= 15 is 0 Å². The largest absolute Gasteiger partial charge is 0.308 e. The molecule has 5 heteroatoms. The summed E-state index contributed by atoms with van der Waals surface area (Å²) in [7, 11) is -3.13. The molecule has 104 valence electrons. The van der Waals surface area contributed by atoms with E-state index in [2.05, 4.69) is 18.3 Å². The lowest BCUT2D eigenvalue weighted by atomic mass is 10.0. The molecule has 1 N–H and O–H groups in total. The van der Waals surface area contributed by atoms with Gasteiger partial charge in [0.15, 0.2) is 9.84 Å². The van der Waals surface area contributed by atoms with Gasteiger partial charge in [-0.05, 0) is 38.9 Å². The minimum absolute atomic E-state index is 0.150. The van der Waals surface area contributed by atoms with Crippen molar-refractivity contribution in [2.24, 2.45) is 0 Å². The predicted molar refractivity (Wildman–Crippen MR) is 79.0 cm³/mol. The first-order valence-corrected chi connectivity index (χ1v) is 8.96. The maximum Gasteiger partial charge on any atom is 0.154 e. The van der Waals surface area contributed by atoms with Gasteiger partial charge in [0.2, 0.25) is 0 Å². The number of nitrogens with one attached hydrogen (secondary N) is 1. The van der Waals surface area contributed by atoms with Crippen molar-refractivity contribution < 1.29 is 8.42 Å². The molecule has 0 spiro atoms. The monoisotopic (exact) mass is 289 g/mol. The number of hydrogen-bond donors (Lipinski definition) is 1. The zero-order valence-corrected chi connectivity index (χ0v) is 13.4. The summed E-state index contributed by atoms with van der Waals surface area (Å²) in [6.45, 7) is 8.45. The maximum atomic E-state index is 12.0. The van der Waals surface area contributed by atoms with E-state index in [1.807, 2.05) is 13.0 Å². The van der Waals surface area contributed by atoms with Crippen LogP contribution in [0.25, 0.3) is 0 Å². The van der Waals surface area contributed by atoms with Crippen molar-refractivity contribution in [3.8, 4) is 0 Å². The second kappa shape index (κ2) is 5.72. The average molecular weight is 289 g/mol. The molecule has 0 amide bonds. The number of thiophene rings is 1. The fraction of sp³-hybridized carbons (Fsp3) is 0.692. The normalized spacial score (nSPS) is 14.7. The SMILES string of the molecule is CCNC(c1ccc(CC)s1)C(C)(C)S(C)(=O)=O. The number of sulfone groups is 1. The van der Waals surface area contributed by atoms with Gasteiger partial charge in [-0.1, -0.05) is 13.8 Å². The van der Waals surface area contributed by atoms with Crippen molar-refractivity contribution in [3.63, 3.8) is 0 Å². The predicted octanol–water partition coefficient (Wildman–Crippen LogP) is 2.78. The lowest BCUT2D eigenvalue weighted by Crippen LogP contribution is -2.44.